The fourth-order valence-electron chi connectivity index (χ4n) is 17.0. The molecule has 7 aliphatic heterocycles. The summed E-state index contributed by atoms with van der Waals surface area (Å²) in [6, 6.07) is 1.39. The minimum Gasteiger partial charge on any atom is -0.507 e. The van der Waals surface area contributed by atoms with Crippen molar-refractivity contribution in [2.24, 2.45) is 11.7 Å². The molecule has 6 aromatic carbocycles. The number of primary amides is 1. The number of halogens is 2. The van der Waals surface area contributed by atoms with Gasteiger partial charge in [-0.15, -0.1) is 0 Å². The molecule has 19 atom stereocenters. The van der Waals surface area contributed by atoms with Gasteiger partial charge in [0.25, 0.3) is 0 Å². The number of aliphatic hydroxyl groups excluding tert-OH is 7. The first-order valence-electron chi connectivity index (χ1n) is 46.4. The minimum atomic E-state index is -4.89. The predicted molar refractivity (Wildman–Crippen MR) is 510 cm³/mol. The second-order valence-electron chi connectivity index (χ2n) is 36.3. The molecule has 0 radical (unpaired) electrons. The van der Waals surface area contributed by atoms with Crippen LogP contribution in [0.15, 0.2) is 97.1 Å². The molecule has 7 heterocycles. The number of aromatic hydroxyl groups is 3. The van der Waals surface area contributed by atoms with Crippen LogP contribution in [0.1, 0.15) is 187 Å². The molecule has 1 unspecified atom stereocenters. The lowest BCUT2D eigenvalue weighted by Crippen LogP contribution is -2.65. The smallest absolute Gasteiger partial charge is 0.411 e. The van der Waals surface area contributed by atoms with E-state index >= 15 is 28.8 Å². The third-order valence-corrected chi connectivity index (χ3v) is 27.1. The maximum absolute atomic E-state index is 16.6. The number of ether oxygens (including phenoxy) is 8. The average molecular weight is 2100 g/mol. The number of amides is 9. The molecule has 0 aromatic heterocycles. The van der Waals surface area contributed by atoms with Crippen molar-refractivity contribution in [1.29, 1.82) is 0 Å². The average Bonchev–Trinajstić information content (AvgIpc) is 0.752. The molecule has 13 rings (SSSR count). The van der Waals surface area contributed by atoms with Gasteiger partial charge in [-0.05, 0) is 147 Å². The van der Waals surface area contributed by atoms with Gasteiger partial charge in [-0.25, -0.2) is 14.4 Å². The molecule has 0 aliphatic carbocycles. The number of likely N-dealkylation sites (N-methyl/N-ethyl adjacent to an activating group) is 1. The van der Waals surface area contributed by atoms with E-state index in [1.165, 1.54) is 50.6 Å². The number of carbonyl (C=O) groups is 10. The Morgan fingerprint density at radius 2 is 1.29 bits per heavy atom. The number of unbranched alkanes of at least 4 members (excludes halogenated alkanes) is 7. The van der Waals surface area contributed by atoms with Gasteiger partial charge in [0.1, 0.15) is 102 Å². The van der Waals surface area contributed by atoms with Gasteiger partial charge in [-0.1, -0.05) is 119 Å². The number of hydrogen-bond donors (Lipinski definition) is 26. The first kappa shape index (κ1) is 113. The Hall–Kier alpha value is -11.2. The van der Waals surface area contributed by atoms with Crippen molar-refractivity contribution in [1.82, 2.24) is 52.8 Å². The van der Waals surface area contributed by atoms with Crippen LogP contribution in [0.25, 0.3) is 11.1 Å². The van der Waals surface area contributed by atoms with Gasteiger partial charge in [-0.2, -0.15) is 0 Å². The zero-order valence-corrected chi connectivity index (χ0v) is 82.4. The Bertz CT molecular complexity index is 5710. The fourth-order valence-corrected chi connectivity index (χ4v) is 18.4. The van der Waals surface area contributed by atoms with Gasteiger partial charge in [0, 0.05) is 61.0 Å². The third kappa shape index (κ3) is 29.2. The van der Waals surface area contributed by atoms with Gasteiger partial charge in [-0.3, -0.25) is 52.9 Å². The lowest BCUT2D eigenvalue weighted by atomic mass is 9.85. The standard InChI is InChI=1S/C93H122Cl2N12O35P2/c1-7-8-9-10-11-12-13-14-27-97-28-29-99-93(5)39-68(137-45(4)82(93)118)141-81-79(117)78(116)65(41-108)140-90(81)142-80-63-35-50-36-64(80)139-62-26-21-49(34-56(62)95)76(114)74-88(124)104-72(89(125)126)53-37-60(110)54(40-98-43-143(129,130)131)77(115)69(53)52-32-47(19-24-59(52)109)70(85(121)106-74)103-86(122)71(50)102-83(119)57(38-66(96)111)101-87(123)73(75(113)48-20-25-61(138-63)55(94)33-48)105-84(120)58(31-44(2)3)107(6)92(128)136-42-46-17-22-51(23-18-46)100-91(127)135-30-15-16-67(112)144(132,133)134/h17-26,32-37,44-45,57-58,65,67-68,70-76,78-79,81-82,90,97-99,108-110,112-118H,7-16,27-31,38-43H2,1-6H3,(H2,96,111)(H,100,127)(H,101,123)(H,102,119)(H,103,122)(H,104,124)(H,105,120)(H,106,121)(H,125,126)(H2,129,130,131)(H2,132,133,134)/t45-,57-,58+,65+,67?,68-,70+,71+,72-,73+,74-,75+,76+,78+,79-,81+,82+,90-,93-/m0/s1. The van der Waals surface area contributed by atoms with Crippen LogP contribution in [-0.4, -0.2) is 271 Å². The Morgan fingerprint density at radius 1 is 0.674 bits per heavy atom. The van der Waals surface area contributed by atoms with E-state index in [2.05, 4.69) is 60.1 Å². The molecule has 0 spiro atoms. The summed E-state index contributed by atoms with van der Waals surface area (Å²) in [5, 5.41) is 154. The molecule has 51 heteroatoms. The second kappa shape index (κ2) is 50.3. The highest BCUT2D eigenvalue weighted by atomic mass is 35.5. The van der Waals surface area contributed by atoms with Crippen molar-refractivity contribution in [2.45, 2.75) is 246 Å². The normalized spacial score (nSPS) is 24.5. The molecule has 7 aliphatic rings. The summed E-state index contributed by atoms with van der Waals surface area (Å²) in [4.78, 5) is 187. The Balaban J connectivity index is 1.04. The number of anilines is 1. The van der Waals surface area contributed by atoms with Crippen LogP contribution in [0.2, 0.25) is 10.0 Å². The van der Waals surface area contributed by atoms with Gasteiger partial charge in [0.15, 0.2) is 35.8 Å². The molecule has 0 saturated carbocycles. The number of hydrogen-bond acceptors (Lipinski definition) is 33. The second-order valence-corrected chi connectivity index (χ2v) is 40.5. The number of carboxylic acids is 1. The number of nitrogens with one attached hydrogen (secondary N) is 10. The van der Waals surface area contributed by atoms with Crippen molar-refractivity contribution < 1.29 is 171 Å². The van der Waals surface area contributed by atoms with E-state index in [-0.39, 0.29) is 49.1 Å². The molecule has 11 bridgehead atoms. The van der Waals surface area contributed by atoms with Crippen molar-refractivity contribution in [2.75, 3.05) is 51.5 Å². The molecular weight excluding hydrogens is 1980 g/mol. The summed E-state index contributed by atoms with van der Waals surface area (Å²) >= 11 is 14.5. The van der Waals surface area contributed by atoms with E-state index in [9.17, 15) is 94.3 Å². The van der Waals surface area contributed by atoms with E-state index in [4.69, 9.17) is 76.6 Å². The maximum Gasteiger partial charge on any atom is 0.411 e. The number of nitrogens with two attached hydrogens (primary N) is 1. The van der Waals surface area contributed by atoms with Crippen LogP contribution >= 0.6 is 38.4 Å². The highest BCUT2D eigenvalue weighted by molar-refractivity contribution is 7.52. The number of aliphatic hydroxyl groups is 7. The number of carbonyl (C=O) groups excluding carboxylic acids is 9. The number of phenolic OH excluding ortho intramolecular Hbond substituents is 3. The van der Waals surface area contributed by atoms with Gasteiger partial charge in [0.05, 0.1) is 53.7 Å². The van der Waals surface area contributed by atoms with Gasteiger partial charge >= 0.3 is 33.3 Å². The summed E-state index contributed by atoms with van der Waals surface area (Å²) in [6.45, 7) is 7.64. The number of phenols is 3. The van der Waals surface area contributed by atoms with E-state index in [1.807, 2.05) is 0 Å². The topological polar surface area (TPSA) is 732 Å². The molecule has 144 heavy (non-hydrogen) atoms. The minimum absolute atomic E-state index is 0.0974. The molecular formula is C93H122Cl2N12O35P2. The molecule has 6 aromatic rings. The number of fused-ring (bicyclic) bond motifs is 15. The van der Waals surface area contributed by atoms with Gasteiger partial charge < -0.3 is 167 Å². The summed E-state index contributed by atoms with van der Waals surface area (Å²) in [5.74, 6) is -20.8. The Morgan fingerprint density at radius 3 is 1.90 bits per heavy atom. The van der Waals surface area contributed by atoms with Crippen molar-refractivity contribution in [3.63, 3.8) is 0 Å². The lowest BCUT2D eigenvalue weighted by molar-refractivity contribution is -0.334. The molecule has 2 fully saturated rings. The van der Waals surface area contributed by atoms with Crippen molar-refractivity contribution in [3.8, 4) is 57.1 Å². The molecule has 2 saturated heterocycles. The molecule has 27 N–H and O–H groups in total. The molecule has 9 amide bonds. The van der Waals surface area contributed by atoms with Crippen LogP contribution < -0.4 is 73.1 Å². The van der Waals surface area contributed by atoms with Crippen LogP contribution in [-0.2, 0) is 84.3 Å². The van der Waals surface area contributed by atoms with E-state index < -0.39 is 318 Å². The zero-order chi connectivity index (χ0) is 105. The van der Waals surface area contributed by atoms with E-state index in [0.717, 1.165) is 110 Å². The van der Waals surface area contributed by atoms with Crippen molar-refractivity contribution >= 4 is 104 Å². The maximum atomic E-state index is 16.6. The number of rotatable bonds is 38. The largest absolute Gasteiger partial charge is 0.507 e. The fraction of sp³-hybridized carbons (Fsp3) is 0.505. The quantitative estimate of drug-likeness (QED) is 0.0186. The SMILES string of the molecule is CCCCCCCCCCNCCN[C@@]1(C)C[C@H](O[C@H]2[C@H](Oc3c4cc5cc3Oc3ccc(cc3Cl)[C@@H](O)[C@@H](NC(=O)[C@@H](CC(C)C)N(C)C(=O)OCc3ccc(NC(=O)OCCCC(O)P(=O)(O)O)cc3)C(=O)N[C@@H](CC(N)=O)C(=O)N[C@H]5C(=O)N[C@H]3C(=O)N[C@H](C(=O)N[C@H](C(=O)O)c5cc(O)c(CNCP(=O)(O)O)c(O)c5-c5cc3ccc5O)[C@H](O)c3ccc(c(Cl)c3)O4)O[C@H](CO)[C@@H](O)[C@@H]2O)O[C@@H](C)[C@H]1O. The van der Waals surface area contributed by atoms with Crippen LogP contribution in [0.5, 0.6) is 46.0 Å². The highest BCUT2D eigenvalue weighted by Crippen LogP contribution is 2.52. The van der Waals surface area contributed by atoms with Crippen molar-refractivity contribution in [3.05, 3.63) is 146 Å². The number of carboxylic acid groups (broad SMARTS) is 1. The number of aliphatic carboxylic acids is 1. The van der Waals surface area contributed by atoms with E-state index in [0.29, 0.717) is 24.7 Å². The summed E-state index contributed by atoms with van der Waals surface area (Å²) in [7, 11) is -8.52. The molecule has 47 nitrogen and oxygen atoms in total. The third-order valence-electron chi connectivity index (χ3n) is 24.8. The monoisotopic (exact) mass is 2100 g/mol. The van der Waals surface area contributed by atoms with Crippen LogP contribution in [0.4, 0.5) is 15.3 Å². The zero-order valence-electron chi connectivity index (χ0n) is 79.1. The number of nitrogens with zero attached hydrogens (tertiary/aromatic N) is 1. The summed E-state index contributed by atoms with van der Waals surface area (Å²) < 4.78 is 73.6. The summed E-state index contributed by atoms with van der Waals surface area (Å²) in [6.07, 6.45) is -14.7. The number of benzene rings is 6. The first-order valence-corrected chi connectivity index (χ1v) is 50.7. The summed E-state index contributed by atoms with van der Waals surface area (Å²) in [5.41, 5.74) is 0.604. The Kier molecular flexibility index (Phi) is 39.5. The first-order chi connectivity index (χ1) is 68.1. The van der Waals surface area contributed by atoms with Crippen LogP contribution in [0, 0.1) is 5.92 Å². The molecule has 788 valence electrons. The highest BCUT2D eigenvalue weighted by Gasteiger charge is 2.53. The van der Waals surface area contributed by atoms with E-state index in [1.54, 1.807) is 27.7 Å². The van der Waals surface area contributed by atoms with Gasteiger partial charge in [0.2, 0.25) is 53.4 Å². The van der Waals surface area contributed by atoms with Crippen LogP contribution in [0.3, 0.4) is 0 Å². The predicted octanol–water partition coefficient (Wildman–Crippen LogP) is 4.57. The lowest BCUT2D eigenvalue weighted by Gasteiger charge is -2.48. The Labute approximate surface area is 835 Å².